The lowest BCUT2D eigenvalue weighted by Crippen LogP contribution is -2.30. The molecule has 2 heterocycles. The van der Waals surface area contributed by atoms with Crippen molar-refractivity contribution in [2.45, 2.75) is 6.54 Å². The van der Waals surface area contributed by atoms with Crippen LogP contribution >= 0.6 is 34.5 Å². The topological polar surface area (TPSA) is 66.7 Å². The maximum atomic E-state index is 12.8. The van der Waals surface area contributed by atoms with Crippen molar-refractivity contribution in [3.05, 3.63) is 86.1 Å². The molecule has 0 fully saturated rings. The fourth-order valence-corrected chi connectivity index (χ4v) is 4.43. The highest BCUT2D eigenvalue weighted by molar-refractivity contribution is 7.15. The van der Waals surface area contributed by atoms with Gasteiger partial charge in [0.25, 0.3) is 5.56 Å². The van der Waals surface area contributed by atoms with Crippen molar-refractivity contribution < 1.29 is 4.79 Å². The van der Waals surface area contributed by atoms with Crippen LogP contribution in [0.1, 0.15) is 5.69 Å². The maximum Gasteiger partial charge on any atom is 0.259 e. The zero-order valence-corrected chi connectivity index (χ0v) is 18.8. The lowest BCUT2D eigenvalue weighted by molar-refractivity contribution is -0.117. The molecule has 2 aromatic heterocycles. The second-order valence-electron chi connectivity index (χ2n) is 7.04. The number of hydrogen-bond acceptors (Lipinski definition) is 5. The average molecular weight is 473 g/mol. The van der Waals surface area contributed by atoms with Gasteiger partial charge in [-0.25, -0.2) is 4.98 Å². The average Bonchev–Trinajstić information content (AvgIpc) is 3.16. The second-order valence-corrected chi connectivity index (χ2v) is 8.69. The second kappa shape index (κ2) is 9.20. The molecule has 2 aromatic carbocycles. The molecule has 4 rings (SSSR count). The minimum atomic E-state index is -0.207. The first-order chi connectivity index (χ1) is 14.9. The molecular formula is C22H18Cl2N4O2S. The van der Waals surface area contributed by atoms with Gasteiger partial charge in [0, 0.05) is 23.7 Å². The first-order valence-corrected chi connectivity index (χ1v) is 11.0. The Labute approximate surface area is 192 Å². The molecule has 0 aliphatic heterocycles. The summed E-state index contributed by atoms with van der Waals surface area (Å²) in [5.41, 5.74) is 2.81. The largest absolute Gasteiger partial charge is 0.325 e. The van der Waals surface area contributed by atoms with Gasteiger partial charge in [0.15, 0.2) is 4.96 Å². The monoisotopic (exact) mass is 472 g/mol. The first kappa shape index (κ1) is 21.5. The van der Waals surface area contributed by atoms with Gasteiger partial charge in [-0.2, -0.15) is 0 Å². The number of thiazole rings is 1. The zero-order valence-electron chi connectivity index (χ0n) is 16.5. The van der Waals surface area contributed by atoms with Gasteiger partial charge in [0.05, 0.1) is 28.0 Å². The lowest BCUT2D eigenvalue weighted by Gasteiger charge is -2.16. The molecule has 0 radical (unpaired) electrons. The summed E-state index contributed by atoms with van der Waals surface area (Å²) in [5.74, 6) is -0.207. The third-order valence-corrected chi connectivity index (χ3v) is 6.14. The molecule has 0 unspecified atom stereocenters. The number of nitrogens with zero attached hydrogens (tertiary/aromatic N) is 3. The predicted octanol–water partition coefficient (Wildman–Crippen LogP) is 4.80. The fourth-order valence-electron chi connectivity index (χ4n) is 3.21. The van der Waals surface area contributed by atoms with E-state index in [0.717, 1.165) is 11.3 Å². The molecule has 0 bridgehead atoms. The van der Waals surface area contributed by atoms with Gasteiger partial charge in [-0.05, 0) is 30.8 Å². The zero-order chi connectivity index (χ0) is 22.0. The molecule has 158 valence electrons. The van der Waals surface area contributed by atoms with Gasteiger partial charge in [-0.15, -0.1) is 11.3 Å². The van der Waals surface area contributed by atoms with E-state index in [1.807, 2.05) is 35.7 Å². The molecule has 0 saturated heterocycles. The Morgan fingerprint density at radius 1 is 1.13 bits per heavy atom. The van der Waals surface area contributed by atoms with E-state index in [-0.39, 0.29) is 18.0 Å². The summed E-state index contributed by atoms with van der Waals surface area (Å²) in [4.78, 5) is 32.1. The number of aromatic nitrogens is 2. The smallest absolute Gasteiger partial charge is 0.259 e. The van der Waals surface area contributed by atoms with E-state index in [4.69, 9.17) is 23.2 Å². The van der Waals surface area contributed by atoms with Crippen LogP contribution in [0.25, 0.3) is 16.2 Å². The quantitative estimate of drug-likeness (QED) is 0.437. The Morgan fingerprint density at radius 3 is 2.65 bits per heavy atom. The third kappa shape index (κ3) is 4.97. The highest BCUT2D eigenvalue weighted by atomic mass is 35.5. The van der Waals surface area contributed by atoms with E-state index in [0.29, 0.717) is 32.9 Å². The molecule has 1 N–H and O–H groups in total. The van der Waals surface area contributed by atoms with Crippen LogP contribution in [0.5, 0.6) is 0 Å². The van der Waals surface area contributed by atoms with E-state index in [2.05, 4.69) is 10.3 Å². The van der Waals surface area contributed by atoms with Crippen LogP contribution in [0.4, 0.5) is 5.69 Å². The van der Waals surface area contributed by atoms with Crippen molar-refractivity contribution in [1.29, 1.82) is 0 Å². The van der Waals surface area contributed by atoms with Gasteiger partial charge in [-0.3, -0.25) is 18.9 Å². The number of amides is 1. The van der Waals surface area contributed by atoms with Crippen LogP contribution < -0.4 is 10.9 Å². The van der Waals surface area contributed by atoms with Gasteiger partial charge < -0.3 is 5.32 Å². The van der Waals surface area contributed by atoms with Crippen molar-refractivity contribution in [3.63, 3.8) is 0 Å². The number of halogens is 2. The highest BCUT2D eigenvalue weighted by Crippen LogP contribution is 2.25. The number of likely N-dealkylation sites (N-methyl/N-ethyl adjacent to an activating group) is 1. The summed E-state index contributed by atoms with van der Waals surface area (Å²) < 4.78 is 1.61. The van der Waals surface area contributed by atoms with E-state index < -0.39 is 0 Å². The van der Waals surface area contributed by atoms with Crippen molar-refractivity contribution in [2.24, 2.45) is 0 Å². The molecule has 9 heteroatoms. The van der Waals surface area contributed by atoms with E-state index in [1.165, 1.54) is 17.4 Å². The minimum Gasteiger partial charge on any atom is -0.325 e. The summed E-state index contributed by atoms with van der Waals surface area (Å²) in [6, 6.07) is 16.1. The fraction of sp³-hybridized carbons (Fsp3) is 0.136. The first-order valence-electron chi connectivity index (χ1n) is 9.40. The minimum absolute atomic E-state index is 0.126. The van der Waals surface area contributed by atoms with Gasteiger partial charge in [0.1, 0.15) is 0 Å². The van der Waals surface area contributed by atoms with E-state index in [1.54, 1.807) is 34.5 Å². The van der Waals surface area contributed by atoms with Gasteiger partial charge in [-0.1, -0.05) is 53.5 Å². The Kier molecular flexibility index (Phi) is 6.38. The lowest BCUT2D eigenvalue weighted by atomic mass is 10.2. The number of nitrogens with one attached hydrogen (secondary N) is 1. The normalized spacial score (nSPS) is 11.2. The van der Waals surface area contributed by atoms with E-state index >= 15 is 0 Å². The van der Waals surface area contributed by atoms with Crippen LogP contribution in [-0.4, -0.2) is 33.8 Å². The number of carbonyl (C=O) groups is 1. The Bertz CT molecular complexity index is 1300. The highest BCUT2D eigenvalue weighted by Gasteiger charge is 2.13. The number of anilines is 1. The van der Waals surface area contributed by atoms with Crippen molar-refractivity contribution in [2.75, 3.05) is 18.9 Å². The molecule has 0 aliphatic rings. The molecule has 4 aromatic rings. The molecule has 0 saturated carbocycles. The Balaban J connectivity index is 1.46. The Hall–Kier alpha value is -2.71. The van der Waals surface area contributed by atoms with Gasteiger partial charge in [0.2, 0.25) is 5.91 Å². The molecular weight excluding hydrogens is 455 g/mol. The number of hydrogen-bond donors (Lipinski definition) is 1. The summed E-state index contributed by atoms with van der Waals surface area (Å²) in [6.45, 7) is 0.486. The SMILES string of the molecule is CN(CC(=O)Nc1ccc(Cl)c(Cl)c1)Cc1cc(=O)n2c(-c3ccccc3)csc2n1. The maximum absolute atomic E-state index is 12.8. The number of rotatable bonds is 6. The van der Waals surface area contributed by atoms with Crippen LogP contribution in [0.15, 0.2) is 64.8 Å². The van der Waals surface area contributed by atoms with Crippen LogP contribution in [0.3, 0.4) is 0 Å². The molecule has 1 amide bonds. The van der Waals surface area contributed by atoms with Crippen LogP contribution in [0, 0.1) is 0 Å². The van der Waals surface area contributed by atoms with Crippen LogP contribution in [0.2, 0.25) is 10.0 Å². The summed E-state index contributed by atoms with van der Waals surface area (Å²) >= 11 is 13.3. The molecule has 0 aliphatic carbocycles. The van der Waals surface area contributed by atoms with Crippen molar-refractivity contribution >= 4 is 51.1 Å². The predicted molar refractivity (Wildman–Crippen MR) is 126 cm³/mol. The Morgan fingerprint density at radius 2 is 1.90 bits per heavy atom. The molecule has 0 atom stereocenters. The molecule has 31 heavy (non-hydrogen) atoms. The molecule has 0 spiro atoms. The van der Waals surface area contributed by atoms with Gasteiger partial charge >= 0.3 is 0 Å². The summed E-state index contributed by atoms with van der Waals surface area (Å²) in [5, 5.41) is 5.51. The van der Waals surface area contributed by atoms with Crippen molar-refractivity contribution in [1.82, 2.24) is 14.3 Å². The third-order valence-electron chi connectivity index (χ3n) is 4.58. The summed E-state index contributed by atoms with van der Waals surface area (Å²) in [6.07, 6.45) is 0. The standard InChI is InChI=1S/C22H18Cl2N4O2S/c1-27(12-20(29)25-15-7-8-17(23)18(24)9-15)11-16-10-21(30)28-19(13-31-22(28)26-16)14-5-3-2-4-6-14/h2-10,13H,11-12H2,1H3,(H,25,29). The van der Waals surface area contributed by atoms with Crippen molar-refractivity contribution in [3.8, 4) is 11.3 Å². The summed E-state index contributed by atoms with van der Waals surface area (Å²) in [7, 11) is 1.79. The molecule has 6 nitrogen and oxygen atoms in total. The number of fused-ring (bicyclic) bond motifs is 1. The van der Waals surface area contributed by atoms with Crippen LogP contribution in [-0.2, 0) is 11.3 Å². The number of carbonyl (C=O) groups excluding carboxylic acids is 1. The van der Waals surface area contributed by atoms with E-state index in [9.17, 15) is 9.59 Å². The number of benzene rings is 2.